The summed E-state index contributed by atoms with van der Waals surface area (Å²) in [6.07, 6.45) is 1.86. The maximum Gasteiger partial charge on any atom is 0.267 e. The molecule has 7 heteroatoms. The maximum absolute atomic E-state index is 13.0. The summed E-state index contributed by atoms with van der Waals surface area (Å²) in [5.41, 5.74) is 0.886. The van der Waals surface area contributed by atoms with Crippen LogP contribution in [0, 0.1) is 5.82 Å². The molecule has 0 aliphatic carbocycles. The monoisotopic (exact) mass is 347 g/mol. The molecule has 0 aliphatic rings. The molecule has 0 radical (unpaired) electrons. The lowest BCUT2D eigenvalue weighted by atomic mass is 10.2. The molecule has 1 N–H and O–H groups in total. The van der Waals surface area contributed by atoms with Gasteiger partial charge in [0.05, 0.1) is 4.88 Å². The van der Waals surface area contributed by atoms with Crippen LogP contribution in [-0.2, 0) is 6.42 Å². The molecule has 0 saturated heterocycles. The first-order chi connectivity index (χ1) is 11.2. The van der Waals surface area contributed by atoms with Gasteiger partial charge in [0.1, 0.15) is 10.8 Å². The minimum absolute atomic E-state index is 0.206. The molecule has 3 aromatic rings. The Labute approximate surface area is 141 Å². The number of carbonyl (C=O) groups excluding carboxylic acids is 1. The van der Waals surface area contributed by atoms with Gasteiger partial charge in [0.15, 0.2) is 0 Å². The lowest BCUT2D eigenvalue weighted by molar-refractivity contribution is 0.103. The van der Waals surface area contributed by atoms with Crippen molar-refractivity contribution < 1.29 is 9.18 Å². The number of aromatic nitrogens is 2. The Balaban J connectivity index is 1.71. The van der Waals surface area contributed by atoms with Gasteiger partial charge in [0, 0.05) is 11.3 Å². The second-order valence-corrected chi connectivity index (χ2v) is 7.02. The van der Waals surface area contributed by atoms with Crippen LogP contribution in [0.3, 0.4) is 0 Å². The number of carbonyl (C=O) groups is 1. The second-order valence-electron chi connectivity index (χ2n) is 4.88. The van der Waals surface area contributed by atoms with Crippen LogP contribution in [0.4, 0.5) is 9.52 Å². The minimum atomic E-state index is -0.276. The van der Waals surface area contributed by atoms with Gasteiger partial charge in [0.25, 0.3) is 5.91 Å². The highest BCUT2D eigenvalue weighted by Gasteiger charge is 2.13. The molecule has 0 atom stereocenters. The Hall–Kier alpha value is -2.12. The van der Waals surface area contributed by atoms with Crippen molar-refractivity contribution in [1.82, 2.24) is 10.2 Å². The van der Waals surface area contributed by atoms with E-state index in [1.807, 2.05) is 6.07 Å². The highest BCUT2D eigenvalue weighted by atomic mass is 32.1. The van der Waals surface area contributed by atoms with Crippen LogP contribution in [0.2, 0.25) is 0 Å². The number of nitrogens with zero attached hydrogens (tertiary/aromatic N) is 2. The molecule has 2 aromatic heterocycles. The third-order valence-corrected chi connectivity index (χ3v) is 5.14. The van der Waals surface area contributed by atoms with E-state index in [1.165, 1.54) is 34.8 Å². The van der Waals surface area contributed by atoms with Crippen LogP contribution in [-0.4, -0.2) is 16.1 Å². The lowest BCUT2D eigenvalue weighted by Gasteiger charge is -1.98. The number of amides is 1. The molecule has 0 unspecified atom stereocenters. The number of thiophene rings is 1. The molecule has 23 heavy (non-hydrogen) atoms. The van der Waals surface area contributed by atoms with E-state index in [4.69, 9.17) is 0 Å². The van der Waals surface area contributed by atoms with E-state index in [-0.39, 0.29) is 11.7 Å². The van der Waals surface area contributed by atoms with Gasteiger partial charge in [-0.2, -0.15) is 0 Å². The van der Waals surface area contributed by atoms with Crippen molar-refractivity contribution in [1.29, 1.82) is 0 Å². The van der Waals surface area contributed by atoms with Crippen molar-refractivity contribution in [3.8, 4) is 10.4 Å². The maximum atomic E-state index is 13.0. The van der Waals surface area contributed by atoms with Crippen LogP contribution < -0.4 is 5.32 Å². The fraction of sp³-hybridized carbons (Fsp3) is 0.188. The van der Waals surface area contributed by atoms with Gasteiger partial charge in [0.2, 0.25) is 5.13 Å². The average molecular weight is 347 g/mol. The minimum Gasteiger partial charge on any atom is -0.296 e. The van der Waals surface area contributed by atoms with Gasteiger partial charge in [-0.3, -0.25) is 10.1 Å². The molecule has 4 nitrogen and oxygen atoms in total. The molecule has 118 valence electrons. The smallest absolute Gasteiger partial charge is 0.267 e. The molecule has 1 aromatic carbocycles. The largest absolute Gasteiger partial charge is 0.296 e. The van der Waals surface area contributed by atoms with Gasteiger partial charge >= 0.3 is 0 Å². The number of halogens is 1. The Kier molecular flexibility index (Phi) is 4.78. The van der Waals surface area contributed by atoms with Crippen molar-refractivity contribution in [3.63, 3.8) is 0 Å². The molecule has 0 saturated carbocycles. The van der Waals surface area contributed by atoms with Crippen molar-refractivity contribution >= 4 is 33.7 Å². The topological polar surface area (TPSA) is 54.9 Å². The first kappa shape index (κ1) is 15.8. The van der Waals surface area contributed by atoms with E-state index in [2.05, 4.69) is 22.4 Å². The predicted molar refractivity (Wildman–Crippen MR) is 91.6 cm³/mol. The Morgan fingerprint density at radius 2 is 1.91 bits per heavy atom. The third-order valence-electron chi connectivity index (χ3n) is 3.11. The Morgan fingerprint density at radius 3 is 2.65 bits per heavy atom. The van der Waals surface area contributed by atoms with Gasteiger partial charge in [-0.1, -0.05) is 30.4 Å². The van der Waals surface area contributed by atoms with E-state index < -0.39 is 0 Å². The summed E-state index contributed by atoms with van der Waals surface area (Å²) < 4.78 is 13.0. The third kappa shape index (κ3) is 3.80. The summed E-state index contributed by atoms with van der Waals surface area (Å²) >= 11 is 2.75. The molecule has 0 aliphatic heterocycles. The van der Waals surface area contributed by atoms with Crippen molar-refractivity contribution in [2.24, 2.45) is 0 Å². The zero-order chi connectivity index (χ0) is 16.2. The number of anilines is 1. The van der Waals surface area contributed by atoms with Crippen LogP contribution in [0.15, 0.2) is 36.4 Å². The summed E-state index contributed by atoms with van der Waals surface area (Å²) in [4.78, 5) is 13.8. The van der Waals surface area contributed by atoms with Gasteiger partial charge < -0.3 is 0 Å². The zero-order valence-corrected chi connectivity index (χ0v) is 14.0. The standard InChI is InChI=1S/C16H14FN3OS2/c1-2-3-14-19-20-16(23-14)18-15(21)13-9-8-12(22-13)10-4-6-11(17)7-5-10/h4-9H,2-3H2,1H3,(H,18,20,21). The highest BCUT2D eigenvalue weighted by molar-refractivity contribution is 7.18. The fourth-order valence-corrected chi connectivity index (χ4v) is 3.75. The molecule has 3 rings (SSSR count). The molecular weight excluding hydrogens is 333 g/mol. The van der Waals surface area contributed by atoms with Crippen LogP contribution in [0.5, 0.6) is 0 Å². The summed E-state index contributed by atoms with van der Waals surface area (Å²) in [5.74, 6) is -0.481. The molecular formula is C16H14FN3OS2. The Bertz CT molecular complexity index is 811. The van der Waals surface area contributed by atoms with Crippen molar-refractivity contribution in [3.05, 3.63) is 52.1 Å². The van der Waals surface area contributed by atoms with Crippen molar-refractivity contribution in [2.75, 3.05) is 5.32 Å². The SMILES string of the molecule is CCCc1nnc(NC(=O)c2ccc(-c3ccc(F)cc3)s2)s1. The predicted octanol–water partition coefficient (Wildman–Crippen LogP) is 4.61. The summed E-state index contributed by atoms with van der Waals surface area (Å²) in [6, 6.07) is 9.83. The zero-order valence-electron chi connectivity index (χ0n) is 12.4. The number of benzene rings is 1. The number of hydrogen-bond donors (Lipinski definition) is 1. The molecule has 0 bridgehead atoms. The lowest BCUT2D eigenvalue weighted by Crippen LogP contribution is -2.09. The molecule has 0 spiro atoms. The van der Waals surface area contributed by atoms with E-state index in [9.17, 15) is 9.18 Å². The number of hydrogen-bond acceptors (Lipinski definition) is 5. The molecule has 2 heterocycles. The normalized spacial score (nSPS) is 10.7. The number of rotatable bonds is 5. The van der Waals surface area contributed by atoms with Gasteiger partial charge in [-0.05, 0) is 36.2 Å². The summed E-state index contributed by atoms with van der Waals surface area (Å²) in [7, 11) is 0. The first-order valence-corrected chi connectivity index (χ1v) is 8.78. The molecule has 1 amide bonds. The second kappa shape index (κ2) is 6.97. The summed E-state index contributed by atoms with van der Waals surface area (Å²) in [6.45, 7) is 2.07. The van der Waals surface area contributed by atoms with Gasteiger partial charge in [-0.15, -0.1) is 21.5 Å². The summed E-state index contributed by atoms with van der Waals surface area (Å²) in [5, 5.41) is 12.2. The van der Waals surface area contributed by atoms with Crippen molar-refractivity contribution in [2.45, 2.75) is 19.8 Å². The van der Waals surface area contributed by atoms with Crippen LogP contribution in [0.25, 0.3) is 10.4 Å². The fourth-order valence-electron chi connectivity index (χ4n) is 2.01. The highest BCUT2D eigenvalue weighted by Crippen LogP contribution is 2.29. The van der Waals surface area contributed by atoms with Gasteiger partial charge in [-0.25, -0.2) is 4.39 Å². The van der Waals surface area contributed by atoms with E-state index in [0.29, 0.717) is 10.0 Å². The Morgan fingerprint density at radius 1 is 1.13 bits per heavy atom. The number of aryl methyl sites for hydroxylation is 1. The van der Waals surface area contributed by atoms with Crippen LogP contribution >= 0.6 is 22.7 Å². The van der Waals surface area contributed by atoms with E-state index >= 15 is 0 Å². The van der Waals surface area contributed by atoms with Crippen LogP contribution in [0.1, 0.15) is 28.0 Å². The quantitative estimate of drug-likeness (QED) is 0.733. The molecule has 0 fully saturated rings. The average Bonchev–Trinajstić information content (AvgIpc) is 3.18. The van der Waals surface area contributed by atoms with E-state index in [0.717, 1.165) is 28.3 Å². The number of nitrogens with one attached hydrogen (secondary N) is 1. The first-order valence-electron chi connectivity index (χ1n) is 7.15. The van der Waals surface area contributed by atoms with E-state index in [1.54, 1.807) is 18.2 Å².